The summed E-state index contributed by atoms with van der Waals surface area (Å²) in [5.74, 6) is -0.0982. The zero-order valence-corrected chi connectivity index (χ0v) is 16.1. The third-order valence-corrected chi connectivity index (χ3v) is 4.75. The minimum Gasteiger partial charge on any atom is -0.309 e. The molecule has 0 saturated carbocycles. The van der Waals surface area contributed by atoms with Gasteiger partial charge in [-0.1, -0.05) is 12.1 Å². The first kappa shape index (κ1) is 18.2. The van der Waals surface area contributed by atoms with E-state index in [0.717, 1.165) is 33.8 Å². The van der Waals surface area contributed by atoms with E-state index in [2.05, 4.69) is 51.0 Å². The van der Waals surface area contributed by atoms with Crippen molar-refractivity contribution in [1.29, 1.82) is 0 Å². The molecule has 1 heterocycles. The van der Waals surface area contributed by atoms with Crippen LogP contribution in [0.2, 0.25) is 0 Å². The van der Waals surface area contributed by atoms with Crippen molar-refractivity contribution in [3.05, 3.63) is 46.3 Å². The van der Waals surface area contributed by atoms with Gasteiger partial charge in [-0.25, -0.2) is 0 Å². The molecule has 1 aromatic carbocycles. The maximum atomic E-state index is 13.4. The molecule has 1 aromatic heterocycles. The minimum absolute atomic E-state index is 0.0951. The SMILES string of the molecule is Cc1ccc(C)c(N(C(=O)C(C)c2c(C)nn(C)c2C)C(C)C)c1. The van der Waals surface area contributed by atoms with E-state index in [1.165, 1.54) is 0 Å². The number of aromatic nitrogens is 2. The third-order valence-electron chi connectivity index (χ3n) is 4.75. The number of aryl methyl sites for hydroxylation is 4. The molecule has 2 aromatic rings. The van der Waals surface area contributed by atoms with Gasteiger partial charge in [-0.15, -0.1) is 0 Å². The highest BCUT2D eigenvalue weighted by molar-refractivity contribution is 5.99. The molecule has 4 nitrogen and oxygen atoms in total. The summed E-state index contributed by atoms with van der Waals surface area (Å²) in [4.78, 5) is 15.3. The van der Waals surface area contributed by atoms with E-state index in [0.29, 0.717) is 0 Å². The Bertz CT molecular complexity index is 758. The van der Waals surface area contributed by atoms with E-state index in [9.17, 15) is 4.79 Å². The van der Waals surface area contributed by atoms with Gasteiger partial charge in [0.2, 0.25) is 5.91 Å². The maximum absolute atomic E-state index is 13.4. The molecule has 1 atom stereocenters. The largest absolute Gasteiger partial charge is 0.309 e. The number of rotatable bonds is 4. The highest BCUT2D eigenvalue weighted by atomic mass is 16.2. The highest BCUT2D eigenvalue weighted by Crippen LogP contribution is 2.30. The Kier molecular flexibility index (Phi) is 5.16. The van der Waals surface area contributed by atoms with Crippen LogP contribution in [0.4, 0.5) is 5.69 Å². The molecule has 0 bridgehead atoms. The molecule has 1 unspecified atom stereocenters. The lowest BCUT2D eigenvalue weighted by Crippen LogP contribution is -2.40. The van der Waals surface area contributed by atoms with E-state index >= 15 is 0 Å². The molecule has 0 aliphatic rings. The number of anilines is 1. The topological polar surface area (TPSA) is 38.1 Å². The second-order valence-corrected chi connectivity index (χ2v) is 7.02. The first-order valence-corrected chi connectivity index (χ1v) is 8.55. The van der Waals surface area contributed by atoms with Crippen LogP contribution in [0.25, 0.3) is 0 Å². The molecular formula is C20H29N3O. The lowest BCUT2D eigenvalue weighted by atomic mass is 9.96. The first-order valence-electron chi connectivity index (χ1n) is 8.55. The Morgan fingerprint density at radius 1 is 1.12 bits per heavy atom. The van der Waals surface area contributed by atoms with E-state index < -0.39 is 0 Å². The standard InChI is InChI=1S/C20H29N3O/c1-12(2)23(18-11-13(3)9-10-14(18)4)20(24)15(5)19-16(6)21-22(8)17(19)7/h9-12,15H,1-8H3. The first-order chi connectivity index (χ1) is 11.1. The van der Waals surface area contributed by atoms with Crippen LogP contribution in [0.3, 0.4) is 0 Å². The van der Waals surface area contributed by atoms with Crippen molar-refractivity contribution in [2.75, 3.05) is 4.90 Å². The summed E-state index contributed by atoms with van der Waals surface area (Å²) in [6.07, 6.45) is 0. The normalized spacial score (nSPS) is 12.5. The van der Waals surface area contributed by atoms with E-state index in [4.69, 9.17) is 0 Å². The lowest BCUT2D eigenvalue weighted by Gasteiger charge is -2.31. The summed E-state index contributed by atoms with van der Waals surface area (Å²) >= 11 is 0. The average molecular weight is 327 g/mol. The molecule has 0 aliphatic carbocycles. The van der Waals surface area contributed by atoms with Crippen LogP contribution >= 0.6 is 0 Å². The van der Waals surface area contributed by atoms with Crippen LogP contribution in [-0.2, 0) is 11.8 Å². The van der Waals surface area contributed by atoms with E-state index in [1.807, 2.05) is 37.4 Å². The second-order valence-electron chi connectivity index (χ2n) is 7.02. The smallest absolute Gasteiger partial charge is 0.234 e. The van der Waals surface area contributed by atoms with Gasteiger partial charge in [-0.3, -0.25) is 9.48 Å². The molecule has 0 spiro atoms. The van der Waals surface area contributed by atoms with Gasteiger partial charge in [0.1, 0.15) is 0 Å². The Morgan fingerprint density at radius 2 is 1.75 bits per heavy atom. The van der Waals surface area contributed by atoms with E-state index in [-0.39, 0.29) is 17.9 Å². The van der Waals surface area contributed by atoms with Crippen molar-refractivity contribution >= 4 is 11.6 Å². The zero-order chi connectivity index (χ0) is 18.2. The average Bonchev–Trinajstić information content (AvgIpc) is 2.74. The number of amides is 1. The molecule has 4 heteroatoms. The molecule has 0 aliphatic heterocycles. The van der Waals surface area contributed by atoms with Crippen molar-refractivity contribution in [2.24, 2.45) is 7.05 Å². The molecular weight excluding hydrogens is 298 g/mol. The summed E-state index contributed by atoms with van der Waals surface area (Å²) in [6, 6.07) is 6.36. The Balaban J connectivity index is 2.48. The summed E-state index contributed by atoms with van der Waals surface area (Å²) in [5.41, 5.74) is 6.31. The Morgan fingerprint density at radius 3 is 2.25 bits per heavy atom. The fraction of sp³-hybridized carbons (Fsp3) is 0.500. The zero-order valence-electron chi connectivity index (χ0n) is 16.1. The molecule has 2 rings (SSSR count). The van der Waals surface area contributed by atoms with Crippen LogP contribution in [0, 0.1) is 27.7 Å². The summed E-state index contributed by atoms with van der Waals surface area (Å²) in [5, 5.41) is 4.47. The molecule has 130 valence electrons. The molecule has 1 amide bonds. The van der Waals surface area contributed by atoms with Gasteiger partial charge in [-0.05, 0) is 65.7 Å². The number of benzene rings is 1. The van der Waals surface area contributed by atoms with E-state index in [1.54, 1.807) is 0 Å². The number of hydrogen-bond acceptors (Lipinski definition) is 2. The maximum Gasteiger partial charge on any atom is 0.234 e. The van der Waals surface area contributed by atoms with Crippen LogP contribution in [0.15, 0.2) is 18.2 Å². The number of hydrogen-bond donors (Lipinski definition) is 0. The Hall–Kier alpha value is -2.10. The van der Waals surface area contributed by atoms with Gasteiger partial charge in [0.25, 0.3) is 0 Å². The van der Waals surface area contributed by atoms with Gasteiger partial charge in [0, 0.05) is 30.0 Å². The molecule has 0 fully saturated rings. The fourth-order valence-corrected chi connectivity index (χ4v) is 3.38. The van der Waals surface area contributed by atoms with Gasteiger partial charge >= 0.3 is 0 Å². The number of nitrogens with zero attached hydrogens (tertiary/aromatic N) is 3. The molecule has 0 radical (unpaired) electrons. The van der Waals surface area contributed by atoms with Crippen LogP contribution < -0.4 is 4.90 Å². The van der Waals surface area contributed by atoms with Crippen LogP contribution in [-0.4, -0.2) is 21.7 Å². The van der Waals surface area contributed by atoms with Gasteiger partial charge in [-0.2, -0.15) is 5.10 Å². The Labute approximate surface area is 145 Å². The number of carbonyl (C=O) groups is 1. The van der Waals surface area contributed by atoms with Crippen molar-refractivity contribution < 1.29 is 4.79 Å². The molecule has 24 heavy (non-hydrogen) atoms. The van der Waals surface area contributed by atoms with Gasteiger partial charge in [0.15, 0.2) is 0 Å². The van der Waals surface area contributed by atoms with Crippen molar-refractivity contribution in [3.8, 4) is 0 Å². The second kappa shape index (κ2) is 6.80. The molecule has 0 saturated heterocycles. The predicted octanol–water partition coefficient (Wildman–Crippen LogP) is 4.20. The minimum atomic E-state index is -0.221. The van der Waals surface area contributed by atoms with Crippen molar-refractivity contribution in [3.63, 3.8) is 0 Å². The quantitative estimate of drug-likeness (QED) is 0.844. The summed E-state index contributed by atoms with van der Waals surface area (Å²) in [6.45, 7) is 14.2. The highest BCUT2D eigenvalue weighted by Gasteiger charge is 2.29. The predicted molar refractivity (Wildman–Crippen MR) is 99.6 cm³/mol. The van der Waals surface area contributed by atoms with Gasteiger partial charge in [0.05, 0.1) is 11.6 Å². The summed E-state index contributed by atoms with van der Waals surface area (Å²) < 4.78 is 1.85. The fourth-order valence-electron chi connectivity index (χ4n) is 3.38. The van der Waals surface area contributed by atoms with Crippen molar-refractivity contribution in [2.45, 2.75) is 60.4 Å². The molecule has 0 N–H and O–H groups in total. The van der Waals surface area contributed by atoms with Crippen LogP contribution in [0.1, 0.15) is 54.8 Å². The lowest BCUT2D eigenvalue weighted by molar-refractivity contribution is -0.120. The van der Waals surface area contributed by atoms with Crippen molar-refractivity contribution in [1.82, 2.24) is 9.78 Å². The van der Waals surface area contributed by atoms with Crippen LogP contribution in [0.5, 0.6) is 0 Å². The van der Waals surface area contributed by atoms with Gasteiger partial charge < -0.3 is 4.90 Å². The monoisotopic (exact) mass is 327 g/mol. The summed E-state index contributed by atoms with van der Waals surface area (Å²) in [7, 11) is 1.92. The third kappa shape index (κ3) is 3.23. The number of carbonyl (C=O) groups excluding carboxylic acids is 1.